The molecule has 0 spiro atoms. The summed E-state index contributed by atoms with van der Waals surface area (Å²) in [5, 5.41) is 12.5. The van der Waals surface area contributed by atoms with E-state index >= 15 is 0 Å². The van der Waals surface area contributed by atoms with Gasteiger partial charge in [0.25, 0.3) is 0 Å². The lowest BCUT2D eigenvalue weighted by molar-refractivity contribution is 0.422. The van der Waals surface area contributed by atoms with Crippen LogP contribution in [0.2, 0.25) is 0 Å². The zero-order valence-electron chi connectivity index (χ0n) is 20.9. The SMILES string of the molecule is CCCCC(CC)CCc1c2cc(C#N)sc2c(CCC(CC)CCCC)c2cc(Br)sc12. The van der Waals surface area contributed by atoms with Crippen LogP contribution in [0.25, 0.3) is 20.2 Å². The number of thiophene rings is 2. The van der Waals surface area contributed by atoms with Crippen LogP contribution in [0.3, 0.4) is 0 Å². The summed E-state index contributed by atoms with van der Waals surface area (Å²) in [6, 6.07) is 6.99. The van der Waals surface area contributed by atoms with E-state index in [4.69, 9.17) is 0 Å². The Bertz CT molecular complexity index is 996. The van der Waals surface area contributed by atoms with Gasteiger partial charge in [0.2, 0.25) is 0 Å². The van der Waals surface area contributed by atoms with Crippen molar-refractivity contribution in [3.63, 3.8) is 0 Å². The lowest BCUT2D eigenvalue weighted by Crippen LogP contribution is -2.03. The van der Waals surface area contributed by atoms with Gasteiger partial charge in [0.15, 0.2) is 0 Å². The van der Waals surface area contributed by atoms with E-state index in [0.29, 0.717) is 0 Å². The van der Waals surface area contributed by atoms with Crippen LogP contribution in [-0.4, -0.2) is 0 Å². The highest BCUT2D eigenvalue weighted by Gasteiger charge is 2.21. The number of hydrogen-bond donors (Lipinski definition) is 0. The molecule has 33 heavy (non-hydrogen) atoms. The summed E-state index contributed by atoms with van der Waals surface area (Å²) in [6.07, 6.45) is 15.2. The number of nitriles is 1. The number of halogens is 1. The van der Waals surface area contributed by atoms with Crippen molar-refractivity contribution in [3.05, 3.63) is 31.9 Å². The molecule has 0 aliphatic carbocycles. The van der Waals surface area contributed by atoms with E-state index in [1.165, 1.54) is 99.3 Å². The van der Waals surface area contributed by atoms with Gasteiger partial charge in [0.05, 0.1) is 3.79 Å². The van der Waals surface area contributed by atoms with Gasteiger partial charge < -0.3 is 0 Å². The third-order valence-electron chi connectivity index (χ3n) is 7.43. The standard InChI is InChI=1S/C29H40BrNS2/c1-5-9-11-20(7-3)13-15-23-25-17-22(19-31)32-28(25)24(26-18-27(30)33-29(23)26)16-14-21(8-4)12-10-6-2/h17-18,20-21H,5-16H2,1-4H3. The summed E-state index contributed by atoms with van der Waals surface area (Å²) in [5.41, 5.74) is 2.98. The largest absolute Gasteiger partial charge is 0.192 e. The second-order valence-corrected chi connectivity index (χ2v) is 13.1. The third kappa shape index (κ3) is 6.62. The molecule has 180 valence electrons. The molecular formula is C29H40BrNS2. The van der Waals surface area contributed by atoms with Crippen molar-refractivity contribution in [3.8, 4) is 6.07 Å². The van der Waals surface area contributed by atoms with E-state index in [1.807, 2.05) is 11.3 Å². The number of rotatable bonds is 14. The Hall–Kier alpha value is -0.890. The van der Waals surface area contributed by atoms with Gasteiger partial charge in [0, 0.05) is 9.40 Å². The molecule has 2 heterocycles. The first kappa shape index (κ1) is 26.7. The molecule has 3 aromatic rings. The average Bonchev–Trinajstić information content (AvgIpc) is 3.43. The Morgan fingerprint density at radius 2 is 1.30 bits per heavy atom. The van der Waals surface area contributed by atoms with Crippen LogP contribution < -0.4 is 0 Å². The fraction of sp³-hybridized carbons (Fsp3) is 0.621. The van der Waals surface area contributed by atoms with Gasteiger partial charge in [-0.1, -0.05) is 79.1 Å². The predicted octanol–water partition coefficient (Wildman–Crippen LogP) is 11.0. The lowest BCUT2D eigenvalue weighted by atomic mass is 9.88. The van der Waals surface area contributed by atoms with Crippen molar-refractivity contribution in [1.82, 2.24) is 0 Å². The average molecular weight is 547 g/mol. The van der Waals surface area contributed by atoms with Gasteiger partial charge in [-0.05, 0) is 87.5 Å². The van der Waals surface area contributed by atoms with E-state index in [-0.39, 0.29) is 0 Å². The topological polar surface area (TPSA) is 23.8 Å². The monoisotopic (exact) mass is 545 g/mol. The molecule has 0 fully saturated rings. The number of hydrogen-bond acceptors (Lipinski definition) is 3. The quantitative estimate of drug-likeness (QED) is 0.197. The number of benzene rings is 1. The molecular weight excluding hydrogens is 506 g/mol. The van der Waals surface area contributed by atoms with Crippen molar-refractivity contribution in [2.24, 2.45) is 11.8 Å². The van der Waals surface area contributed by atoms with Crippen molar-refractivity contribution < 1.29 is 0 Å². The molecule has 2 atom stereocenters. The maximum atomic E-state index is 9.71. The molecule has 0 aliphatic rings. The van der Waals surface area contributed by atoms with Gasteiger partial charge >= 0.3 is 0 Å². The van der Waals surface area contributed by atoms with Crippen molar-refractivity contribution in [2.45, 2.75) is 105 Å². The van der Waals surface area contributed by atoms with E-state index in [2.05, 4.69) is 61.8 Å². The number of unbranched alkanes of at least 4 members (excludes halogenated alkanes) is 2. The lowest BCUT2D eigenvalue weighted by Gasteiger charge is -2.18. The number of aryl methyl sites for hydroxylation is 2. The van der Waals surface area contributed by atoms with Crippen LogP contribution in [0.1, 0.15) is 108 Å². The molecule has 0 saturated carbocycles. The zero-order valence-corrected chi connectivity index (χ0v) is 24.2. The highest BCUT2D eigenvalue weighted by Crippen LogP contribution is 2.44. The van der Waals surface area contributed by atoms with Crippen molar-refractivity contribution >= 4 is 58.8 Å². The van der Waals surface area contributed by atoms with Gasteiger partial charge in [-0.25, -0.2) is 0 Å². The van der Waals surface area contributed by atoms with Crippen LogP contribution >= 0.6 is 38.6 Å². The van der Waals surface area contributed by atoms with Crippen molar-refractivity contribution in [1.29, 1.82) is 5.26 Å². The zero-order chi connectivity index (χ0) is 23.8. The highest BCUT2D eigenvalue weighted by molar-refractivity contribution is 9.11. The van der Waals surface area contributed by atoms with Gasteiger partial charge in [-0.3, -0.25) is 0 Å². The minimum Gasteiger partial charge on any atom is -0.192 e. The summed E-state index contributed by atoms with van der Waals surface area (Å²) >= 11 is 7.42. The van der Waals surface area contributed by atoms with Crippen LogP contribution in [0.5, 0.6) is 0 Å². The fourth-order valence-electron chi connectivity index (χ4n) is 5.23. The predicted molar refractivity (Wildman–Crippen MR) is 153 cm³/mol. The van der Waals surface area contributed by atoms with Crippen molar-refractivity contribution in [2.75, 3.05) is 0 Å². The number of fused-ring (bicyclic) bond motifs is 2. The second kappa shape index (κ2) is 13.3. The minimum absolute atomic E-state index is 0.802. The summed E-state index contributed by atoms with van der Waals surface area (Å²) in [5.74, 6) is 1.60. The van der Waals surface area contributed by atoms with E-state index in [1.54, 1.807) is 11.3 Å². The Labute approximate surface area is 217 Å². The Balaban J connectivity index is 2.01. The van der Waals surface area contributed by atoms with Crippen LogP contribution in [0.15, 0.2) is 15.9 Å². The molecule has 1 aromatic carbocycles. The molecule has 1 nitrogen and oxygen atoms in total. The van der Waals surface area contributed by atoms with Gasteiger partial charge in [0.1, 0.15) is 10.9 Å². The molecule has 2 aromatic heterocycles. The molecule has 3 rings (SSSR count). The summed E-state index contributed by atoms with van der Waals surface area (Å²) in [7, 11) is 0. The Morgan fingerprint density at radius 1 is 0.788 bits per heavy atom. The summed E-state index contributed by atoms with van der Waals surface area (Å²) in [4.78, 5) is 0.861. The highest BCUT2D eigenvalue weighted by atomic mass is 79.9. The molecule has 0 saturated heterocycles. The molecule has 0 N–H and O–H groups in total. The first-order valence-corrected chi connectivity index (χ1v) is 15.5. The maximum Gasteiger partial charge on any atom is 0.110 e. The minimum atomic E-state index is 0.802. The number of nitrogens with zero attached hydrogens (tertiary/aromatic N) is 1. The van der Waals surface area contributed by atoms with Gasteiger partial charge in [-0.15, -0.1) is 22.7 Å². The smallest absolute Gasteiger partial charge is 0.110 e. The molecule has 0 amide bonds. The molecule has 0 bridgehead atoms. The fourth-order valence-corrected chi connectivity index (χ4v) is 8.02. The second-order valence-electron chi connectivity index (χ2n) is 9.63. The first-order valence-electron chi connectivity index (χ1n) is 13.1. The molecule has 4 heteroatoms. The van der Waals surface area contributed by atoms with Gasteiger partial charge in [-0.2, -0.15) is 5.26 Å². The summed E-state index contributed by atoms with van der Waals surface area (Å²) < 4.78 is 4.07. The maximum absolute atomic E-state index is 9.71. The van der Waals surface area contributed by atoms with Crippen LogP contribution in [-0.2, 0) is 12.8 Å². The molecule has 0 aliphatic heterocycles. The van der Waals surface area contributed by atoms with Crippen LogP contribution in [0, 0.1) is 23.2 Å². The summed E-state index contributed by atoms with van der Waals surface area (Å²) in [6.45, 7) is 9.28. The molecule has 0 radical (unpaired) electrons. The van der Waals surface area contributed by atoms with Crippen LogP contribution in [0.4, 0.5) is 0 Å². The molecule has 2 unspecified atom stereocenters. The first-order chi connectivity index (χ1) is 16.1. The Kier molecular flexibility index (Phi) is 10.7. The van der Waals surface area contributed by atoms with E-state index in [0.717, 1.165) is 29.6 Å². The van der Waals surface area contributed by atoms with E-state index in [9.17, 15) is 5.26 Å². The third-order valence-corrected chi connectivity index (χ3v) is 10.2. The van der Waals surface area contributed by atoms with E-state index < -0.39 is 0 Å². The Morgan fingerprint density at radius 3 is 1.79 bits per heavy atom. The normalized spacial score (nSPS) is 13.6.